The maximum atomic E-state index is 5.92. The zero-order chi connectivity index (χ0) is 14.0. The normalized spacial score (nSPS) is 15.7. The Morgan fingerprint density at radius 2 is 1.83 bits per heavy atom. The van der Waals surface area contributed by atoms with Crippen LogP contribution in [0.5, 0.6) is 0 Å². The second kappa shape index (κ2) is 9.76. The zero-order valence-electron chi connectivity index (χ0n) is 13.2. The van der Waals surface area contributed by atoms with E-state index in [0.717, 1.165) is 6.42 Å². The van der Waals surface area contributed by atoms with E-state index in [-0.39, 0.29) is 11.6 Å². The number of hydrogen-bond donors (Lipinski definition) is 1. The molecule has 0 heterocycles. The van der Waals surface area contributed by atoms with Gasteiger partial charge < -0.3 is 14.8 Å². The van der Waals surface area contributed by atoms with Crippen molar-refractivity contribution in [2.24, 2.45) is 0 Å². The first kappa shape index (κ1) is 17.9. The van der Waals surface area contributed by atoms with Crippen molar-refractivity contribution in [1.29, 1.82) is 0 Å². The molecule has 0 aromatic heterocycles. The molecule has 0 aliphatic rings. The SMILES string of the molecule is CCCCCCC(C)OCC(NC)C(C)(C)OC. The molecule has 0 aromatic rings. The second-order valence-corrected chi connectivity index (χ2v) is 5.64. The molecular weight excluding hydrogens is 226 g/mol. The van der Waals surface area contributed by atoms with E-state index in [1.807, 2.05) is 7.05 Å². The molecule has 0 aliphatic carbocycles. The van der Waals surface area contributed by atoms with Gasteiger partial charge in [-0.3, -0.25) is 0 Å². The van der Waals surface area contributed by atoms with Gasteiger partial charge in [-0.1, -0.05) is 32.6 Å². The quantitative estimate of drug-likeness (QED) is 0.577. The van der Waals surface area contributed by atoms with Crippen LogP contribution in [0.2, 0.25) is 0 Å². The summed E-state index contributed by atoms with van der Waals surface area (Å²) in [5, 5.41) is 3.28. The van der Waals surface area contributed by atoms with Gasteiger partial charge in [-0.05, 0) is 34.2 Å². The van der Waals surface area contributed by atoms with E-state index >= 15 is 0 Å². The Balaban J connectivity index is 3.84. The number of methoxy groups -OCH3 is 1. The number of unbranched alkanes of at least 4 members (excludes halogenated alkanes) is 3. The Kier molecular flexibility index (Phi) is 9.70. The largest absolute Gasteiger partial charge is 0.377 e. The van der Waals surface area contributed by atoms with E-state index in [1.165, 1.54) is 25.7 Å². The average Bonchev–Trinajstić information content (AvgIpc) is 2.35. The van der Waals surface area contributed by atoms with E-state index in [9.17, 15) is 0 Å². The summed E-state index contributed by atoms with van der Waals surface area (Å²) in [4.78, 5) is 0. The highest BCUT2D eigenvalue weighted by molar-refractivity contribution is 4.84. The first-order chi connectivity index (χ1) is 8.47. The van der Waals surface area contributed by atoms with Gasteiger partial charge in [-0.15, -0.1) is 0 Å². The summed E-state index contributed by atoms with van der Waals surface area (Å²) >= 11 is 0. The van der Waals surface area contributed by atoms with Crippen LogP contribution >= 0.6 is 0 Å². The monoisotopic (exact) mass is 259 g/mol. The summed E-state index contributed by atoms with van der Waals surface area (Å²) < 4.78 is 11.4. The fourth-order valence-electron chi connectivity index (χ4n) is 1.98. The molecule has 1 N–H and O–H groups in total. The van der Waals surface area contributed by atoms with Crippen LogP contribution in [0, 0.1) is 0 Å². The molecule has 0 aromatic carbocycles. The van der Waals surface area contributed by atoms with Crippen LogP contribution in [0.4, 0.5) is 0 Å². The molecule has 2 unspecified atom stereocenters. The molecule has 0 amide bonds. The molecule has 2 atom stereocenters. The van der Waals surface area contributed by atoms with Gasteiger partial charge in [-0.25, -0.2) is 0 Å². The molecule has 0 aliphatic heterocycles. The van der Waals surface area contributed by atoms with E-state index in [1.54, 1.807) is 7.11 Å². The Labute approximate surface area is 114 Å². The van der Waals surface area contributed by atoms with Crippen LogP contribution in [-0.2, 0) is 9.47 Å². The highest BCUT2D eigenvalue weighted by Gasteiger charge is 2.28. The van der Waals surface area contributed by atoms with Gasteiger partial charge in [0.25, 0.3) is 0 Å². The van der Waals surface area contributed by atoms with Gasteiger partial charge in [-0.2, -0.15) is 0 Å². The van der Waals surface area contributed by atoms with Gasteiger partial charge in [0.05, 0.1) is 24.4 Å². The summed E-state index contributed by atoms with van der Waals surface area (Å²) in [5.74, 6) is 0. The van der Waals surface area contributed by atoms with Crippen molar-refractivity contribution in [2.45, 2.75) is 77.5 Å². The average molecular weight is 259 g/mol. The van der Waals surface area contributed by atoms with Gasteiger partial charge in [0.1, 0.15) is 0 Å². The summed E-state index contributed by atoms with van der Waals surface area (Å²) in [6.45, 7) is 9.28. The Morgan fingerprint density at radius 1 is 1.17 bits per heavy atom. The highest BCUT2D eigenvalue weighted by atomic mass is 16.5. The lowest BCUT2D eigenvalue weighted by atomic mass is 9.99. The predicted molar refractivity (Wildman–Crippen MR) is 78.1 cm³/mol. The second-order valence-electron chi connectivity index (χ2n) is 5.64. The van der Waals surface area contributed by atoms with E-state index in [4.69, 9.17) is 9.47 Å². The van der Waals surface area contributed by atoms with Crippen molar-refractivity contribution < 1.29 is 9.47 Å². The third-order valence-electron chi connectivity index (χ3n) is 3.73. The van der Waals surface area contributed by atoms with E-state index in [2.05, 4.69) is 33.0 Å². The molecule has 18 heavy (non-hydrogen) atoms. The third kappa shape index (κ3) is 7.34. The minimum atomic E-state index is -0.198. The van der Waals surface area contributed by atoms with Crippen molar-refractivity contribution in [3.05, 3.63) is 0 Å². The number of nitrogens with one attached hydrogen (secondary N) is 1. The molecular formula is C15H33NO2. The summed E-state index contributed by atoms with van der Waals surface area (Å²) in [7, 11) is 3.71. The van der Waals surface area contributed by atoms with Gasteiger partial charge in [0, 0.05) is 7.11 Å². The molecule has 0 bridgehead atoms. The first-order valence-corrected chi connectivity index (χ1v) is 7.32. The topological polar surface area (TPSA) is 30.5 Å². The van der Waals surface area contributed by atoms with E-state index < -0.39 is 0 Å². The van der Waals surface area contributed by atoms with Crippen molar-refractivity contribution >= 4 is 0 Å². The van der Waals surface area contributed by atoms with Crippen molar-refractivity contribution in [2.75, 3.05) is 20.8 Å². The molecule has 110 valence electrons. The smallest absolute Gasteiger partial charge is 0.0797 e. The van der Waals surface area contributed by atoms with Gasteiger partial charge in [0.2, 0.25) is 0 Å². The minimum Gasteiger partial charge on any atom is -0.377 e. The van der Waals surface area contributed by atoms with Crippen molar-refractivity contribution in [3.63, 3.8) is 0 Å². The molecule has 3 nitrogen and oxygen atoms in total. The van der Waals surface area contributed by atoms with Crippen LogP contribution in [0.15, 0.2) is 0 Å². The number of likely N-dealkylation sites (N-methyl/N-ethyl adjacent to an activating group) is 1. The minimum absolute atomic E-state index is 0.198. The standard InChI is InChI=1S/C15H33NO2/c1-7-8-9-10-11-13(2)18-12-14(16-5)15(3,4)17-6/h13-14,16H,7-12H2,1-6H3. The Hall–Kier alpha value is -0.120. The van der Waals surface area contributed by atoms with Crippen molar-refractivity contribution in [3.8, 4) is 0 Å². The first-order valence-electron chi connectivity index (χ1n) is 7.32. The fourth-order valence-corrected chi connectivity index (χ4v) is 1.98. The molecule has 0 saturated heterocycles. The van der Waals surface area contributed by atoms with Crippen LogP contribution < -0.4 is 5.32 Å². The lowest BCUT2D eigenvalue weighted by Crippen LogP contribution is -2.50. The van der Waals surface area contributed by atoms with Crippen LogP contribution in [0.25, 0.3) is 0 Å². The predicted octanol–water partition coefficient (Wildman–Crippen LogP) is 3.37. The number of ether oxygens (including phenoxy) is 2. The summed E-state index contributed by atoms with van der Waals surface area (Å²) in [6.07, 6.45) is 6.71. The Morgan fingerprint density at radius 3 is 2.33 bits per heavy atom. The maximum Gasteiger partial charge on any atom is 0.0797 e. The summed E-state index contributed by atoms with van der Waals surface area (Å²) in [6, 6.07) is 0.223. The maximum absolute atomic E-state index is 5.92. The van der Waals surface area contributed by atoms with Gasteiger partial charge in [0.15, 0.2) is 0 Å². The molecule has 0 radical (unpaired) electrons. The van der Waals surface area contributed by atoms with Crippen LogP contribution in [-0.4, -0.2) is 38.5 Å². The summed E-state index contributed by atoms with van der Waals surface area (Å²) in [5.41, 5.74) is -0.198. The molecule has 3 heteroatoms. The van der Waals surface area contributed by atoms with E-state index in [0.29, 0.717) is 12.7 Å². The van der Waals surface area contributed by atoms with Gasteiger partial charge >= 0.3 is 0 Å². The lowest BCUT2D eigenvalue weighted by molar-refractivity contribution is -0.0502. The number of rotatable bonds is 11. The van der Waals surface area contributed by atoms with Crippen molar-refractivity contribution in [1.82, 2.24) is 5.32 Å². The zero-order valence-corrected chi connectivity index (χ0v) is 13.2. The Bertz CT molecular complexity index is 195. The molecule has 0 fully saturated rings. The fraction of sp³-hybridized carbons (Fsp3) is 1.00. The third-order valence-corrected chi connectivity index (χ3v) is 3.73. The molecule has 0 rings (SSSR count). The number of hydrogen-bond acceptors (Lipinski definition) is 3. The molecule has 0 saturated carbocycles. The molecule has 0 spiro atoms. The van der Waals surface area contributed by atoms with Crippen LogP contribution in [0.1, 0.15) is 59.8 Å². The van der Waals surface area contributed by atoms with Crippen LogP contribution in [0.3, 0.4) is 0 Å². The highest BCUT2D eigenvalue weighted by Crippen LogP contribution is 2.15. The lowest BCUT2D eigenvalue weighted by Gasteiger charge is -2.33.